The van der Waals surface area contributed by atoms with E-state index >= 15 is 0 Å². The number of phenolic OH excluding ortho intramolecular Hbond substituents is 1. The first kappa shape index (κ1) is 22.1. The summed E-state index contributed by atoms with van der Waals surface area (Å²) >= 11 is 1.54. The van der Waals surface area contributed by atoms with Crippen LogP contribution in [0.1, 0.15) is 41.9 Å². The second-order valence-corrected chi connectivity index (χ2v) is 11.4. The molecular weight excluding hydrogens is 464 g/mol. The first-order chi connectivity index (χ1) is 15.8. The maximum Gasteiger partial charge on any atom is 0.259 e. The van der Waals surface area contributed by atoms with Gasteiger partial charge in [0.15, 0.2) is 0 Å². The molecule has 0 bridgehead atoms. The highest BCUT2D eigenvalue weighted by Gasteiger charge is 2.28. The van der Waals surface area contributed by atoms with Crippen LogP contribution >= 0.6 is 11.3 Å². The van der Waals surface area contributed by atoms with E-state index in [1.807, 2.05) is 0 Å². The molecule has 1 aromatic carbocycles. The molecule has 1 aliphatic carbocycles. The predicted octanol–water partition coefficient (Wildman–Crippen LogP) is 2.53. The summed E-state index contributed by atoms with van der Waals surface area (Å²) in [5.74, 6) is -0.209. The number of rotatable bonds is 6. The van der Waals surface area contributed by atoms with Crippen LogP contribution < -0.4 is 10.9 Å². The minimum Gasteiger partial charge on any atom is -0.506 e. The maximum atomic E-state index is 12.8. The molecule has 0 atom stereocenters. The SMILES string of the molecule is O=C(CCc1nc2sc3c(c2c(=O)[nH]1)CCC3)Nc1cc(S(=O)(=O)N2CCCC2)ccc1O. The maximum absolute atomic E-state index is 12.8. The molecule has 0 spiro atoms. The van der Waals surface area contributed by atoms with Crippen LogP contribution in [0.4, 0.5) is 5.69 Å². The second kappa shape index (κ2) is 8.54. The molecular formula is C22H24N4O5S2. The Morgan fingerprint density at radius 3 is 2.79 bits per heavy atom. The zero-order valence-electron chi connectivity index (χ0n) is 17.9. The van der Waals surface area contributed by atoms with Gasteiger partial charge in [-0.1, -0.05) is 0 Å². The number of hydrogen-bond donors (Lipinski definition) is 3. The molecule has 3 aromatic rings. The van der Waals surface area contributed by atoms with E-state index in [0.717, 1.165) is 37.7 Å². The topological polar surface area (TPSA) is 132 Å². The fourth-order valence-electron chi connectivity index (χ4n) is 4.46. The molecule has 0 radical (unpaired) electrons. The van der Waals surface area contributed by atoms with Gasteiger partial charge in [-0.25, -0.2) is 13.4 Å². The molecule has 0 unspecified atom stereocenters. The standard InChI is InChI=1S/C22H24N4O5S2/c27-16-7-6-13(33(30,31)26-10-1-2-11-26)12-15(16)23-19(28)9-8-18-24-21(29)20-14-4-3-5-17(14)32-22(20)25-18/h6-7,12,27H,1-5,8-11H2,(H,23,28)(H,24,25,29). The normalized spacial score (nSPS) is 16.4. The number of carbonyl (C=O) groups excluding carboxylic acids is 1. The summed E-state index contributed by atoms with van der Waals surface area (Å²) in [6.07, 6.45) is 4.80. The van der Waals surface area contributed by atoms with Crippen molar-refractivity contribution in [3.63, 3.8) is 0 Å². The van der Waals surface area contributed by atoms with Gasteiger partial charge in [-0.05, 0) is 55.9 Å². The number of H-pyrrole nitrogens is 1. The number of thiophene rings is 1. The van der Waals surface area contributed by atoms with Gasteiger partial charge in [0, 0.05) is 30.8 Å². The van der Waals surface area contributed by atoms with Gasteiger partial charge < -0.3 is 15.4 Å². The number of nitrogens with zero attached hydrogens (tertiary/aromatic N) is 2. The first-order valence-electron chi connectivity index (χ1n) is 11.0. The van der Waals surface area contributed by atoms with Gasteiger partial charge in [0.05, 0.1) is 16.0 Å². The highest BCUT2D eigenvalue weighted by atomic mass is 32.2. The number of aryl methyl sites for hydroxylation is 3. The van der Waals surface area contributed by atoms with Crippen molar-refractivity contribution in [2.75, 3.05) is 18.4 Å². The van der Waals surface area contributed by atoms with Crippen molar-refractivity contribution in [1.82, 2.24) is 14.3 Å². The Kier molecular flexibility index (Phi) is 5.71. The van der Waals surface area contributed by atoms with Crippen molar-refractivity contribution in [3.05, 3.63) is 44.8 Å². The average molecular weight is 489 g/mol. The summed E-state index contributed by atoms with van der Waals surface area (Å²) in [7, 11) is -3.67. The Labute approximate surface area is 194 Å². The Balaban J connectivity index is 1.29. The summed E-state index contributed by atoms with van der Waals surface area (Å²) in [5.41, 5.74) is 0.964. The zero-order chi connectivity index (χ0) is 23.2. The largest absolute Gasteiger partial charge is 0.506 e. The number of anilines is 1. The average Bonchev–Trinajstić information content (AvgIpc) is 3.51. The number of amides is 1. The van der Waals surface area contributed by atoms with Gasteiger partial charge in [-0.3, -0.25) is 9.59 Å². The van der Waals surface area contributed by atoms with Gasteiger partial charge in [0.1, 0.15) is 16.4 Å². The van der Waals surface area contributed by atoms with Gasteiger partial charge in [0.2, 0.25) is 15.9 Å². The van der Waals surface area contributed by atoms with E-state index < -0.39 is 15.9 Å². The number of sulfonamides is 1. The number of aromatic nitrogens is 2. The van der Waals surface area contributed by atoms with Crippen molar-refractivity contribution in [2.45, 2.75) is 49.8 Å². The van der Waals surface area contributed by atoms with Crippen molar-refractivity contribution in [2.24, 2.45) is 0 Å². The number of aromatic hydroxyl groups is 1. The number of nitrogens with one attached hydrogen (secondary N) is 2. The third-order valence-electron chi connectivity index (χ3n) is 6.16. The number of hydrogen-bond acceptors (Lipinski definition) is 7. The van der Waals surface area contributed by atoms with Crippen LogP contribution in [-0.4, -0.2) is 46.8 Å². The van der Waals surface area contributed by atoms with Gasteiger partial charge in [-0.15, -0.1) is 11.3 Å². The lowest BCUT2D eigenvalue weighted by atomic mass is 10.2. The molecule has 1 amide bonds. The smallest absolute Gasteiger partial charge is 0.259 e. The number of fused-ring (bicyclic) bond motifs is 3. The Morgan fingerprint density at radius 1 is 1.21 bits per heavy atom. The van der Waals surface area contributed by atoms with E-state index in [9.17, 15) is 23.1 Å². The highest BCUT2D eigenvalue weighted by molar-refractivity contribution is 7.89. The third-order valence-corrected chi connectivity index (χ3v) is 9.24. The van der Waals surface area contributed by atoms with Crippen LogP contribution in [0.25, 0.3) is 10.2 Å². The lowest BCUT2D eigenvalue weighted by Gasteiger charge is -2.16. The fraction of sp³-hybridized carbons (Fsp3) is 0.409. The van der Waals surface area contributed by atoms with E-state index in [1.54, 1.807) is 11.3 Å². The van der Waals surface area contributed by atoms with Crippen LogP contribution in [0.3, 0.4) is 0 Å². The quantitative estimate of drug-likeness (QED) is 0.457. The summed E-state index contributed by atoms with van der Waals surface area (Å²) in [6.45, 7) is 0.932. The van der Waals surface area contributed by atoms with Gasteiger partial charge in [-0.2, -0.15) is 4.31 Å². The molecule has 3 heterocycles. The predicted molar refractivity (Wildman–Crippen MR) is 125 cm³/mol. The lowest BCUT2D eigenvalue weighted by molar-refractivity contribution is -0.116. The minimum atomic E-state index is -3.67. The van der Waals surface area contributed by atoms with Crippen LogP contribution in [0.2, 0.25) is 0 Å². The van der Waals surface area contributed by atoms with E-state index in [-0.39, 0.29) is 34.7 Å². The zero-order valence-corrected chi connectivity index (χ0v) is 19.5. The van der Waals surface area contributed by atoms with E-state index in [4.69, 9.17) is 0 Å². The van der Waals surface area contributed by atoms with Crippen molar-refractivity contribution >= 4 is 43.2 Å². The highest BCUT2D eigenvalue weighted by Crippen LogP contribution is 2.34. The van der Waals surface area contributed by atoms with Crippen molar-refractivity contribution in [3.8, 4) is 5.75 Å². The van der Waals surface area contributed by atoms with E-state index in [2.05, 4.69) is 15.3 Å². The summed E-state index contributed by atoms with van der Waals surface area (Å²) in [5, 5.41) is 13.4. The molecule has 11 heteroatoms. The molecule has 5 rings (SSSR count). The van der Waals surface area contributed by atoms with E-state index in [1.165, 1.54) is 27.4 Å². The number of aromatic amines is 1. The van der Waals surface area contributed by atoms with E-state index in [0.29, 0.717) is 29.1 Å². The molecule has 3 N–H and O–H groups in total. The van der Waals surface area contributed by atoms with Crippen LogP contribution in [0.5, 0.6) is 5.75 Å². The number of phenols is 1. The third kappa shape index (κ3) is 4.16. The molecule has 33 heavy (non-hydrogen) atoms. The molecule has 1 fully saturated rings. The molecule has 9 nitrogen and oxygen atoms in total. The number of carbonyl (C=O) groups is 1. The van der Waals surface area contributed by atoms with Gasteiger partial charge >= 0.3 is 0 Å². The summed E-state index contributed by atoms with van der Waals surface area (Å²) < 4.78 is 27.0. The Hall–Kier alpha value is -2.76. The fourth-order valence-corrected chi connectivity index (χ4v) is 7.29. The minimum absolute atomic E-state index is 0.0160. The monoisotopic (exact) mass is 488 g/mol. The van der Waals surface area contributed by atoms with Crippen molar-refractivity contribution < 1.29 is 18.3 Å². The Bertz CT molecular complexity index is 1400. The first-order valence-corrected chi connectivity index (χ1v) is 13.2. The Morgan fingerprint density at radius 2 is 2.00 bits per heavy atom. The molecule has 174 valence electrons. The summed E-state index contributed by atoms with van der Waals surface area (Å²) in [4.78, 5) is 34.3. The molecule has 1 aliphatic heterocycles. The van der Waals surface area contributed by atoms with Crippen LogP contribution in [0.15, 0.2) is 27.9 Å². The second-order valence-electron chi connectivity index (χ2n) is 8.39. The van der Waals surface area contributed by atoms with Gasteiger partial charge in [0.25, 0.3) is 5.56 Å². The molecule has 1 saturated heterocycles. The summed E-state index contributed by atoms with van der Waals surface area (Å²) in [6, 6.07) is 3.88. The molecule has 0 saturated carbocycles. The van der Waals surface area contributed by atoms with Crippen LogP contribution in [-0.2, 0) is 34.1 Å². The van der Waals surface area contributed by atoms with Crippen LogP contribution in [0, 0.1) is 0 Å². The number of benzene rings is 1. The molecule has 2 aliphatic rings. The lowest BCUT2D eigenvalue weighted by Crippen LogP contribution is -2.28. The molecule has 2 aromatic heterocycles. The van der Waals surface area contributed by atoms with Crippen molar-refractivity contribution in [1.29, 1.82) is 0 Å².